The lowest BCUT2D eigenvalue weighted by Gasteiger charge is -2.07. The van der Waals surface area contributed by atoms with Gasteiger partial charge in [-0.05, 0) is 30.3 Å². The van der Waals surface area contributed by atoms with Crippen LogP contribution in [0.5, 0.6) is 11.5 Å². The number of ketones is 1. The van der Waals surface area contributed by atoms with Gasteiger partial charge in [0.2, 0.25) is 0 Å². The highest BCUT2D eigenvalue weighted by Gasteiger charge is 2.17. The van der Waals surface area contributed by atoms with Crippen molar-refractivity contribution in [3.8, 4) is 11.5 Å². The molecule has 0 fully saturated rings. The molecular formula is C25H21N3O6. The van der Waals surface area contributed by atoms with Gasteiger partial charge in [0.05, 0.1) is 17.8 Å². The van der Waals surface area contributed by atoms with E-state index in [-0.39, 0.29) is 41.8 Å². The van der Waals surface area contributed by atoms with E-state index >= 15 is 0 Å². The molecule has 0 radical (unpaired) electrons. The Kier molecular flexibility index (Phi) is 7.85. The number of phenols is 2. The summed E-state index contributed by atoms with van der Waals surface area (Å²) in [5.74, 6) is -2.08. The Bertz CT molecular complexity index is 1240. The zero-order valence-corrected chi connectivity index (χ0v) is 18.0. The van der Waals surface area contributed by atoms with Gasteiger partial charge in [-0.1, -0.05) is 36.9 Å². The first-order valence-corrected chi connectivity index (χ1v) is 10.1. The summed E-state index contributed by atoms with van der Waals surface area (Å²) in [6.45, 7) is 3.44. The summed E-state index contributed by atoms with van der Waals surface area (Å²) in [5.41, 5.74) is 1.09. The van der Waals surface area contributed by atoms with Crippen LogP contribution in [0.2, 0.25) is 0 Å². The van der Waals surface area contributed by atoms with Gasteiger partial charge in [0, 0.05) is 23.3 Å². The first-order valence-electron chi connectivity index (χ1n) is 10.1. The number of hydrogen-bond donors (Lipinski definition) is 3. The van der Waals surface area contributed by atoms with E-state index in [4.69, 9.17) is 4.74 Å². The Morgan fingerprint density at radius 3 is 2.29 bits per heavy atom. The third kappa shape index (κ3) is 6.13. The van der Waals surface area contributed by atoms with Gasteiger partial charge in [-0.2, -0.15) is 5.11 Å². The van der Waals surface area contributed by atoms with E-state index in [9.17, 15) is 24.6 Å². The second-order valence-electron chi connectivity index (χ2n) is 6.93. The van der Waals surface area contributed by atoms with Crippen LogP contribution in [0.25, 0.3) is 0 Å². The summed E-state index contributed by atoms with van der Waals surface area (Å²) in [7, 11) is 0. The Morgan fingerprint density at radius 1 is 0.912 bits per heavy atom. The standard InChI is InChI=1S/C25H21N3O6/c1-2-23(31)34-13-12-26-25(33)17-8-10-18(11-9-17)27-28-20-14-19(21(29)15-22(20)30)24(32)16-6-4-3-5-7-16/h2-11,14-15,29-30H,1,12-13H2,(H,26,33)/b28-27+. The van der Waals surface area contributed by atoms with Crippen molar-refractivity contribution in [1.29, 1.82) is 0 Å². The molecule has 172 valence electrons. The molecule has 0 unspecified atom stereocenters. The van der Waals surface area contributed by atoms with E-state index in [0.717, 1.165) is 12.1 Å². The minimum absolute atomic E-state index is 0.00651. The van der Waals surface area contributed by atoms with Crippen molar-refractivity contribution < 1.29 is 29.3 Å². The van der Waals surface area contributed by atoms with Crippen molar-refractivity contribution >= 4 is 29.0 Å². The van der Waals surface area contributed by atoms with Crippen molar-refractivity contribution in [2.75, 3.05) is 13.2 Å². The zero-order chi connectivity index (χ0) is 24.5. The van der Waals surface area contributed by atoms with Crippen molar-refractivity contribution in [2.24, 2.45) is 10.2 Å². The number of carbonyl (C=O) groups is 3. The average Bonchev–Trinajstić information content (AvgIpc) is 2.86. The van der Waals surface area contributed by atoms with Crippen molar-refractivity contribution in [3.63, 3.8) is 0 Å². The number of aromatic hydroxyl groups is 2. The van der Waals surface area contributed by atoms with Gasteiger partial charge in [0.25, 0.3) is 5.91 Å². The number of esters is 1. The lowest BCUT2D eigenvalue weighted by atomic mass is 10.0. The molecular weight excluding hydrogens is 438 g/mol. The largest absolute Gasteiger partial charge is 0.507 e. The fourth-order valence-electron chi connectivity index (χ4n) is 2.84. The number of azo groups is 1. The molecule has 0 saturated heterocycles. The van der Waals surface area contributed by atoms with E-state index in [0.29, 0.717) is 16.8 Å². The fraction of sp³-hybridized carbons (Fsp3) is 0.0800. The highest BCUT2D eigenvalue weighted by Crippen LogP contribution is 2.35. The van der Waals surface area contributed by atoms with Crippen LogP contribution >= 0.6 is 0 Å². The minimum atomic E-state index is -0.569. The topological polar surface area (TPSA) is 138 Å². The van der Waals surface area contributed by atoms with Gasteiger partial charge >= 0.3 is 5.97 Å². The molecule has 3 aromatic rings. The second kappa shape index (κ2) is 11.2. The molecule has 9 heteroatoms. The van der Waals surface area contributed by atoms with Crippen molar-refractivity contribution in [1.82, 2.24) is 5.32 Å². The van der Waals surface area contributed by atoms with Gasteiger partial charge in [0.1, 0.15) is 23.8 Å². The molecule has 9 nitrogen and oxygen atoms in total. The number of hydrogen-bond acceptors (Lipinski definition) is 8. The van der Waals surface area contributed by atoms with Crippen LogP contribution in [0.4, 0.5) is 11.4 Å². The molecule has 0 spiro atoms. The van der Waals surface area contributed by atoms with E-state index in [1.54, 1.807) is 42.5 Å². The van der Waals surface area contributed by atoms with Crippen LogP contribution in [0.3, 0.4) is 0 Å². The Balaban J connectivity index is 1.68. The summed E-state index contributed by atoms with van der Waals surface area (Å²) in [4.78, 5) is 35.8. The number of nitrogens with zero attached hydrogens (tertiary/aromatic N) is 2. The summed E-state index contributed by atoms with van der Waals surface area (Å²) in [6, 6.07) is 16.8. The number of ether oxygens (including phenoxy) is 1. The molecule has 34 heavy (non-hydrogen) atoms. The smallest absolute Gasteiger partial charge is 0.330 e. The summed E-state index contributed by atoms with van der Waals surface area (Å²) in [5, 5.41) is 30.8. The molecule has 0 aromatic heterocycles. The molecule has 0 bridgehead atoms. The van der Waals surface area contributed by atoms with Crippen LogP contribution in [0, 0.1) is 0 Å². The summed E-state index contributed by atoms with van der Waals surface area (Å²) >= 11 is 0. The van der Waals surface area contributed by atoms with Gasteiger partial charge < -0.3 is 20.3 Å². The molecule has 3 rings (SSSR count). The van der Waals surface area contributed by atoms with E-state index in [2.05, 4.69) is 22.1 Å². The van der Waals surface area contributed by atoms with Gasteiger partial charge in [-0.15, -0.1) is 5.11 Å². The maximum atomic E-state index is 12.7. The number of benzene rings is 3. The molecule has 3 N–H and O–H groups in total. The molecule has 0 heterocycles. The molecule has 0 aliphatic heterocycles. The lowest BCUT2D eigenvalue weighted by Crippen LogP contribution is -2.27. The van der Waals surface area contributed by atoms with E-state index in [1.807, 2.05) is 0 Å². The average molecular weight is 459 g/mol. The predicted molar refractivity (Wildman–Crippen MR) is 124 cm³/mol. The quantitative estimate of drug-likeness (QED) is 0.144. The lowest BCUT2D eigenvalue weighted by molar-refractivity contribution is -0.137. The minimum Gasteiger partial charge on any atom is -0.507 e. The van der Waals surface area contributed by atoms with Crippen molar-refractivity contribution in [2.45, 2.75) is 0 Å². The predicted octanol–water partition coefficient (Wildman–Crippen LogP) is 4.20. The first kappa shape index (κ1) is 23.9. The van der Waals surface area contributed by atoms with E-state index < -0.39 is 11.8 Å². The highest BCUT2D eigenvalue weighted by atomic mass is 16.5. The molecule has 3 aromatic carbocycles. The fourth-order valence-corrected chi connectivity index (χ4v) is 2.84. The molecule has 0 aliphatic rings. The molecule has 0 aliphatic carbocycles. The maximum absolute atomic E-state index is 12.7. The van der Waals surface area contributed by atoms with Crippen LogP contribution in [-0.4, -0.2) is 41.0 Å². The molecule has 0 atom stereocenters. The van der Waals surface area contributed by atoms with Crippen LogP contribution in [0.1, 0.15) is 26.3 Å². The zero-order valence-electron chi connectivity index (χ0n) is 18.0. The van der Waals surface area contributed by atoms with Crippen LogP contribution < -0.4 is 5.32 Å². The van der Waals surface area contributed by atoms with Crippen LogP contribution in [-0.2, 0) is 9.53 Å². The number of rotatable bonds is 9. The van der Waals surface area contributed by atoms with Crippen molar-refractivity contribution in [3.05, 3.63) is 96.1 Å². The number of amides is 1. The number of carbonyl (C=O) groups excluding carboxylic acids is 3. The van der Waals surface area contributed by atoms with Crippen LogP contribution in [0.15, 0.2) is 89.6 Å². The van der Waals surface area contributed by atoms with Gasteiger partial charge in [-0.25, -0.2) is 4.79 Å². The second-order valence-corrected chi connectivity index (χ2v) is 6.93. The first-order chi connectivity index (χ1) is 16.4. The Hall–Kier alpha value is -4.79. The normalized spacial score (nSPS) is 10.6. The third-order valence-electron chi connectivity index (χ3n) is 4.57. The SMILES string of the molecule is C=CC(=O)OCCNC(=O)c1ccc(/N=N/c2cc(C(=O)c3ccccc3)c(O)cc2O)cc1. The summed E-state index contributed by atoms with van der Waals surface area (Å²) < 4.78 is 4.78. The highest BCUT2D eigenvalue weighted by molar-refractivity contribution is 6.11. The van der Waals surface area contributed by atoms with E-state index in [1.165, 1.54) is 18.2 Å². The van der Waals surface area contributed by atoms with Gasteiger partial charge in [0.15, 0.2) is 5.78 Å². The molecule has 1 amide bonds. The third-order valence-corrected chi connectivity index (χ3v) is 4.57. The van der Waals surface area contributed by atoms with Gasteiger partial charge in [-0.3, -0.25) is 9.59 Å². The Labute approximate surface area is 195 Å². The monoisotopic (exact) mass is 459 g/mol. The summed E-state index contributed by atoms with van der Waals surface area (Å²) in [6.07, 6.45) is 1.04. The number of nitrogens with one attached hydrogen (secondary N) is 1. The maximum Gasteiger partial charge on any atom is 0.330 e. The Morgan fingerprint density at radius 2 is 1.62 bits per heavy atom. The number of phenolic OH excluding ortho intramolecular Hbond substituents is 2. The molecule has 0 saturated carbocycles.